The molecule has 6 nitrogen and oxygen atoms in total. The summed E-state index contributed by atoms with van der Waals surface area (Å²) in [5.41, 5.74) is 3.68. The van der Waals surface area contributed by atoms with E-state index in [2.05, 4.69) is 10.3 Å². The summed E-state index contributed by atoms with van der Waals surface area (Å²) >= 11 is 0. The number of carbonyl (C=O) groups excluding carboxylic acids is 1. The summed E-state index contributed by atoms with van der Waals surface area (Å²) in [6, 6.07) is 15.6. The van der Waals surface area contributed by atoms with Crippen LogP contribution >= 0.6 is 0 Å². The molecule has 0 fully saturated rings. The lowest BCUT2D eigenvalue weighted by Gasteiger charge is -2.19. The molecule has 0 bridgehead atoms. The number of nitrogens with one attached hydrogen (secondary N) is 1. The Labute approximate surface area is 185 Å². The zero-order valence-electron chi connectivity index (χ0n) is 18.1. The molecular weight excluding hydrogens is 409 g/mol. The third-order valence-corrected chi connectivity index (χ3v) is 5.37. The molecule has 1 unspecified atom stereocenters. The van der Waals surface area contributed by atoms with Crippen molar-refractivity contribution in [1.82, 2.24) is 9.38 Å². The third-order valence-electron chi connectivity index (χ3n) is 5.37. The molecule has 4 aromatic rings. The number of fused-ring (bicyclic) bond motifs is 1. The monoisotopic (exact) mass is 433 g/mol. The van der Waals surface area contributed by atoms with Crippen LogP contribution in [0.15, 0.2) is 67.0 Å². The van der Waals surface area contributed by atoms with Gasteiger partial charge in [-0.05, 0) is 54.4 Å². The second kappa shape index (κ2) is 9.09. The molecule has 2 heterocycles. The maximum Gasteiger partial charge on any atom is 0.225 e. The Bertz CT molecular complexity index is 1250. The lowest BCUT2D eigenvalue weighted by molar-refractivity contribution is -0.116. The van der Waals surface area contributed by atoms with Crippen LogP contribution in [0.3, 0.4) is 0 Å². The van der Waals surface area contributed by atoms with Gasteiger partial charge in [-0.15, -0.1) is 0 Å². The number of carbonyl (C=O) groups is 1. The SMILES string of the molecule is COc1cc(OC)cc(C(CC(=O)Nc2ccccc2F)c2cnc3cc(C)ccn23)c1. The number of ether oxygens (including phenoxy) is 2. The lowest BCUT2D eigenvalue weighted by atomic mass is 9.91. The fourth-order valence-electron chi connectivity index (χ4n) is 3.73. The molecule has 1 N–H and O–H groups in total. The second-order valence-corrected chi connectivity index (χ2v) is 7.55. The fourth-order valence-corrected chi connectivity index (χ4v) is 3.73. The maximum absolute atomic E-state index is 14.1. The summed E-state index contributed by atoms with van der Waals surface area (Å²) in [5.74, 6) is 0.0604. The van der Waals surface area contributed by atoms with Crippen LogP contribution in [0.5, 0.6) is 11.5 Å². The molecule has 0 saturated carbocycles. The van der Waals surface area contributed by atoms with Gasteiger partial charge in [-0.25, -0.2) is 9.37 Å². The van der Waals surface area contributed by atoms with Gasteiger partial charge in [0.1, 0.15) is 23.0 Å². The first-order valence-electron chi connectivity index (χ1n) is 10.2. The number of aromatic nitrogens is 2. The average Bonchev–Trinajstić information content (AvgIpc) is 3.21. The fraction of sp³-hybridized carbons (Fsp3) is 0.200. The van der Waals surface area contributed by atoms with Crippen LogP contribution in [0.1, 0.15) is 29.2 Å². The molecule has 1 atom stereocenters. The van der Waals surface area contributed by atoms with Crippen molar-refractivity contribution in [3.63, 3.8) is 0 Å². The van der Waals surface area contributed by atoms with Crippen molar-refractivity contribution in [2.45, 2.75) is 19.3 Å². The smallest absolute Gasteiger partial charge is 0.225 e. The molecule has 0 radical (unpaired) electrons. The van der Waals surface area contributed by atoms with Gasteiger partial charge in [-0.1, -0.05) is 12.1 Å². The highest BCUT2D eigenvalue weighted by atomic mass is 19.1. The minimum atomic E-state index is -0.481. The minimum Gasteiger partial charge on any atom is -0.497 e. The van der Waals surface area contributed by atoms with Crippen LogP contribution in [0.2, 0.25) is 0 Å². The number of nitrogens with zero attached hydrogens (tertiary/aromatic N) is 2. The van der Waals surface area contributed by atoms with Gasteiger partial charge in [0.25, 0.3) is 0 Å². The molecule has 0 aliphatic rings. The normalized spacial score (nSPS) is 11.9. The van der Waals surface area contributed by atoms with E-state index in [9.17, 15) is 9.18 Å². The van der Waals surface area contributed by atoms with Crippen molar-refractivity contribution in [1.29, 1.82) is 0 Å². The molecule has 0 aliphatic carbocycles. The molecule has 0 aliphatic heterocycles. The number of amides is 1. The second-order valence-electron chi connectivity index (χ2n) is 7.55. The Morgan fingerprint density at radius 1 is 1.09 bits per heavy atom. The average molecular weight is 433 g/mol. The molecular formula is C25H24FN3O3. The first-order chi connectivity index (χ1) is 15.5. The predicted molar refractivity (Wildman–Crippen MR) is 121 cm³/mol. The number of rotatable bonds is 7. The number of imidazole rings is 1. The molecule has 2 aromatic heterocycles. The van der Waals surface area contributed by atoms with Crippen LogP contribution in [0, 0.1) is 12.7 Å². The topological polar surface area (TPSA) is 64.9 Å². The van der Waals surface area contributed by atoms with E-state index in [0.717, 1.165) is 22.5 Å². The molecule has 7 heteroatoms. The zero-order chi connectivity index (χ0) is 22.7. The zero-order valence-corrected chi connectivity index (χ0v) is 18.1. The van der Waals surface area contributed by atoms with Crippen molar-refractivity contribution in [2.75, 3.05) is 19.5 Å². The van der Waals surface area contributed by atoms with Gasteiger partial charge in [-0.2, -0.15) is 0 Å². The summed E-state index contributed by atoms with van der Waals surface area (Å²) in [5, 5.41) is 2.68. The Kier molecular flexibility index (Phi) is 6.07. The van der Waals surface area contributed by atoms with E-state index in [1.165, 1.54) is 12.1 Å². The van der Waals surface area contributed by atoms with E-state index in [0.29, 0.717) is 11.5 Å². The van der Waals surface area contributed by atoms with Crippen LogP contribution in [-0.2, 0) is 4.79 Å². The Hall–Kier alpha value is -3.87. The standard InChI is InChI=1S/C25H24FN3O3/c1-16-8-9-29-23(15-27-24(29)10-16)20(17-11-18(31-2)13-19(12-17)32-3)14-25(30)28-22-7-5-4-6-21(22)26/h4-13,15,20H,14H2,1-3H3,(H,28,30). The number of para-hydroxylation sites is 1. The predicted octanol–water partition coefficient (Wildman–Crippen LogP) is 4.96. The molecule has 1 amide bonds. The van der Waals surface area contributed by atoms with Crippen LogP contribution in [0.4, 0.5) is 10.1 Å². The van der Waals surface area contributed by atoms with Gasteiger partial charge >= 0.3 is 0 Å². The van der Waals surface area contributed by atoms with E-state index >= 15 is 0 Å². The molecule has 2 aromatic carbocycles. The third kappa shape index (κ3) is 4.42. The van der Waals surface area contributed by atoms with E-state index in [1.807, 2.05) is 41.8 Å². The molecule has 4 rings (SSSR count). The van der Waals surface area contributed by atoms with Gasteiger partial charge in [-0.3, -0.25) is 4.79 Å². The number of halogens is 1. The highest BCUT2D eigenvalue weighted by Crippen LogP contribution is 2.34. The van der Waals surface area contributed by atoms with Gasteiger partial charge in [0.05, 0.1) is 25.6 Å². The largest absolute Gasteiger partial charge is 0.497 e. The number of benzene rings is 2. The first kappa shape index (κ1) is 21.4. The number of methoxy groups -OCH3 is 2. The summed E-state index contributed by atoms with van der Waals surface area (Å²) in [7, 11) is 3.16. The minimum absolute atomic E-state index is 0.0757. The van der Waals surface area contributed by atoms with Crippen LogP contribution in [-0.4, -0.2) is 29.5 Å². The van der Waals surface area contributed by atoms with E-state index in [-0.39, 0.29) is 23.9 Å². The molecule has 0 saturated heterocycles. The Morgan fingerprint density at radius 3 is 2.50 bits per heavy atom. The van der Waals surface area contributed by atoms with Gasteiger partial charge in [0.2, 0.25) is 5.91 Å². The van der Waals surface area contributed by atoms with Crippen molar-refractivity contribution in [3.05, 3.63) is 89.6 Å². The number of hydrogen-bond acceptors (Lipinski definition) is 4. The molecule has 32 heavy (non-hydrogen) atoms. The van der Waals surface area contributed by atoms with E-state index in [4.69, 9.17) is 9.47 Å². The van der Waals surface area contributed by atoms with Crippen molar-refractivity contribution in [3.8, 4) is 11.5 Å². The Balaban J connectivity index is 1.76. The summed E-state index contributed by atoms with van der Waals surface area (Å²) in [6.45, 7) is 2.00. The summed E-state index contributed by atoms with van der Waals surface area (Å²) in [4.78, 5) is 17.5. The van der Waals surface area contributed by atoms with Gasteiger partial charge < -0.3 is 19.2 Å². The number of pyridine rings is 1. The molecule has 164 valence electrons. The van der Waals surface area contributed by atoms with Crippen LogP contribution in [0.25, 0.3) is 5.65 Å². The van der Waals surface area contributed by atoms with Gasteiger partial charge in [0, 0.05) is 30.8 Å². The highest BCUT2D eigenvalue weighted by Gasteiger charge is 2.24. The number of aryl methyl sites for hydroxylation is 1. The van der Waals surface area contributed by atoms with Crippen LogP contribution < -0.4 is 14.8 Å². The first-order valence-corrected chi connectivity index (χ1v) is 10.2. The van der Waals surface area contributed by atoms with Crippen molar-refractivity contribution >= 4 is 17.2 Å². The maximum atomic E-state index is 14.1. The van der Waals surface area contributed by atoms with Crippen molar-refractivity contribution in [2.24, 2.45) is 0 Å². The van der Waals surface area contributed by atoms with Crippen molar-refractivity contribution < 1.29 is 18.7 Å². The number of hydrogen-bond donors (Lipinski definition) is 1. The van der Waals surface area contributed by atoms with E-state index < -0.39 is 5.82 Å². The number of anilines is 1. The highest BCUT2D eigenvalue weighted by molar-refractivity contribution is 5.91. The van der Waals surface area contributed by atoms with Gasteiger partial charge in [0.15, 0.2) is 0 Å². The quantitative estimate of drug-likeness (QED) is 0.447. The lowest BCUT2D eigenvalue weighted by Crippen LogP contribution is -2.18. The Morgan fingerprint density at radius 2 is 1.81 bits per heavy atom. The summed E-state index contributed by atoms with van der Waals surface area (Å²) in [6.07, 6.45) is 3.78. The molecule has 0 spiro atoms. The van der Waals surface area contributed by atoms with E-state index in [1.54, 1.807) is 38.6 Å². The summed E-state index contributed by atoms with van der Waals surface area (Å²) < 4.78 is 26.9.